The van der Waals surface area contributed by atoms with Gasteiger partial charge >= 0.3 is 0 Å². The third-order valence-electron chi connectivity index (χ3n) is 3.50. The van der Waals surface area contributed by atoms with Crippen LogP contribution in [0.3, 0.4) is 0 Å². The Morgan fingerprint density at radius 3 is 2.77 bits per heavy atom. The van der Waals surface area contributed by atoms with Crippen molar-refractivity contribution in [1.29, 1.82) is 0 Å². The molecule has 2 aromatic carbocycles. The molecule has 5 heteroatoms. The average Bonchev–Trinajstić information content (AvgIpc) is 3.03. The maximum atomic E-state index is 10.4. The number of ether oxygens (including phenoxy) is 1. The first kappa shape index (κ1) is 15.0. The largest absolute Gasteiger partial charge is 0.482 e. The number of hydrogen-bond acceptors (Lipinski definition) is 5. The Hall–Kier alpha value is -1.95. The Balaban J connectivity index is 1.94. The molecule has 3 aromatic rings. The van der Waals surface area contributed by atoms with Crippen molar-refractivity contribution >= 4 is 21.6 Å². The number of aromatic nitrogens is 1. The first-order valence-corrected chi connectivity index (χ1v) is 7.94. The molecule has 4 nitrogen and oxygen atoms in total. The molecule has 0 aliphatic carbocycles. The zero-order valence-electron chi connectivity index (χ0n) is 12.3. The van der Waals surface area contributed by atoms with E-state index in [0.29, 0.717) is 6.54 Å². The number of rotatable bonds is 6. The number of fused-ring (bicyclic) bond motifs is 1. The van der Waals surface area contributed by atoms with Crippen molar-refractivity contribution in [3.05, 3.63) is 60.3 Å². The van der Waals surface area contributed by atoms with E-state index in [1.807, 2.05) is 61.8 Å². The van der Waals surface area contributed by atoms with Gasteiger partial charge in [-0.1, -0.05) is 36.4 Å². The number of aliphatic hydroxyl groups excluding tert-OH is 1. The van der Waals surface area contributed by atoms with Crippen LogP contribution in [0.25, 0.3) is 10.1 Å². The molecule has 3 rings (SSSR count). The lowest BCUT2D eigenvalue weighted by molar-refractivity contribution is 0.0379. The van der Waals surface area contributed by atoms with Gasteiger partial charge in [0.1, 0.15) is 11.9 Å². The number of nitrogens with one attached hydrogen (secondary N) is 1. The van der Waals surface area contributed by atoms with Crippen LogP contribution in [0.1, 0.15) is 11.7 Å². The summed E-state index contributed by atoms with van der Waals surface area (Å²) in [5, 5.41) is 14.4. The standard InChI is InChI=1S/C17H18N2O2S/c1-18-11-14(20)17(12-6-3-2-4-7-12)21-15-8-5-9-16-13(15)10-19-22-16/h2-10,14,17-18,20H,11H2,1H3/t14-,17+/m0/s1. The fourth-order valence-electron chi connectivity index (χ4n) is 2.43. The van der Waals surface area contributed by atoms with E-state index in [2.05, 4.69) is 9.69 Å². The molecule has 1 heterocycles. The van der Waals surface area contributed by atoms with E-state index in [1.165, 1.54) is 11.5 Å². The zero-order chi connectivity index (χ0) is 15.4. The minimum absolute atomic E-state index is 0.431. The van der Waals surface area contributed by atoms with Gasteiger partial charge < -0.3 is 15.2 Å². The van der Waals surface area contributed by atoms with Gasteiger partial charge in [-0.25, -0.2) is 0 Å². The van der Waals surface area contributed by atoms with E-state index in [4.69, 9.17) is 4.74 Å². The summed E-state index contributed by atoms with van der Waals surface area (Å²) >= 11 is 1.44. The third kappa shape index (κ3) is 3.11. The lowest BCUT2D eigenvalue weighted by atomic mass is 10.0. The van der Waals surface area contributed by atoms with E-state index in [0.717, 1.165) is 21.4 Å². The molecule has 22 heavy (non-hydrogen) atoms. The second-order valence-electron chi connectivity index (χ2n) is 5.07. The summed E-state index contributed by atoms with van der Waals surface area (Å²) in [5.74, 6) is 0.746. The minimum atomic E-state index is -0.644. The predicted molar refractivity (Wildman–Crippen MR) is 89.4 cm³/mol. The van der Waals surface area contributed by atoms with Crippen molar-refractivity contribution in [3.63, 3.8) is 0 Å². The monoisotopic (exact) mass is 314 g/mol. The van der Waals surface area contributed by atoms with Crippen molar-refractivity contribution in [1.82, 2.24) is 9.69 Å². The molecule has 0 radical (unpaired) electrons. The van der Waals surface area contributed by atoms with Crippen LogP contribution >= 0.6 is 11.5 Å². The third-order valence-corrected chi connectivity index (χ3v) is 4.27. The normalized spacial score (nSPS) is 13.9. The average molecular weight is 314 g/mol. The summed E-state index contributed by atoms with van der Waals surface area (Å²) in [6.07, 6.45) is 0.732. The van der Waals surface area contributed by atoms with Crippen LogP contribution < -0.4 is 10.1 Å². The molecular formula is C17H18N2O2S. The highest BCUT2D eigenvalue weighted by Crippen LogP contribution is 2.32. The van der Waals surface area contributed by atoms with Gasteiger partial charge in [-0.3, -0.25) is 0 Å². The fourth-order valence-corrected chi connectivity index (χ4v) is 3.10. The van der Waals surface area contributed by atoms with E-state index in [9.17, 15) is 5.11 Å². The Morgan fingerprint density at radius 2 is 2.00 bits per heavy atom. The predicted octanol–water partition coefficient (Wildman–Crippen LogP) is 3.00. The molecule has 114 valence electrons. The molecule has 0 bridgehead atoms. The van der Waals surface area contributed by atoms with Crippen LogP contribution in [0.5, 0.6) is 5.75 Å². The Morgan fingerprint density at radius 1 is 1.18 bits per heavy atom. The maximum absolute atomic E-state index is 10.4. The molecule has 0 saturated heterocycles. The van der Waals surface area contributed by atoms with Crippen LogP contribution in [0.15, 0.2) is 54.7 Å². The molecule has 0 saturated carbocycles. The number of aliphatic hydroxyl groups is 1. The summed E-state index contributed by atoms with van der Waals surface area (Å²) in [7, 11) is 1.81. The summed E-state index contributed by atoms with van der Waals surface area (Å²) in [4.78, 5) is 0. The number of hydrogen-bond donors (Lipinski definition) is 2. The zero-order valence-corrected chi connectivity index (χ0v) is 13.1. The van der Waals surface area contributed by atoms with Crippen molar-refractivity contribution in [3.8, 4) is 5.75 Å². The first-order chi connectivity index (χ1) is 10.8. The highest BCUT2D eigenvalue weighted by atomic mass is 32.1. The molecule has 0 unspecified atom stereocenters. The van der Waals surface area contributed by atoms with Crippen LogP contribution in [0.4, 0.5) is 0 Å². The molecule has 0 amide bonds. The van der Waals surface area contributed by atoms with Gasteiger partial charge in [0.05, 0.1) is 16.3 Å². The van der Waals surface area contributed by atoms with E-state index < -0.39 is 12.2 Å². The SMILES string of the molecule is CNC[C@H](O)[C@H](Oc1cccc2sncc12)c1ccccc1. The summed E-state index contributed by atoms with van der Waals surface area (Å²) in [6.45, 7) is 0.456. The lowest BCUT2D eigenvalue weighted by Gasteiger charge is -2.25. The number of nitrogens with zero attached hydrogens (tertiary/aromatic N) is 1. The van der Waals surface area contributed by atoms with Crippen LogP contribution in [0, 0.1) is 0 Å². The van der Waals surface area contributed by atoms with Gasteiger partial charge in [0, 0.05) is 6.54 Å². The van der Waals surface area contributed by atoms with Crippen LogP contribution in [0.2, 0.25) is 0 Å². The fraction of sp³-hybridized carbons (Fsp3) is 0.235. The molecule has 0 spiro atoms. The van der Waals surface area contributed by atoms with Crippen molar-refractivity contribution in [2.45, 2.75) is 12.2 Å². The number of likely N-dealkylation sites (N-methyl/N-ethyl adjacent to an activating group) is 1. The topological polar surface area (TPSA) is 54.4 Å². The molecule has 1 aromatic heterocycles. The molecule has 0 aliphatic heterocycles. The highest BCUT2D eigenvalue weighted by Gasteiger charge is 2.23. The van der Waals surface area contributed by atoms with Gasteiger partial charge in [-0.2, -0.15) is 4.37 Å². The quantitative estimate of drug-likeness (QED) is 0.734. The smallest absolute Gasteiger partial charge is 0.151 e. The molecule has 0 aliphatic rings. The lowest BCUT2D eigenvalue weighted by Crippen LogP contribution is -2.32. The highest BCUT2D eigenvalue weighted by molar-refractivity contribution is 7.13. The maximum Gasteiger partial charge on any atom is 0.151 e. The number of benzene rings is 2. The Labute approximate surface area is 133 Å². The molecular weight excluding hydrogens is 296 g/mol. The van der Waals surface area contributed by atoms with Crippen LogP contribution in [-0.4, -0.2) is 29.2 Å². The Kier molecular flexibility index (Phi) is 4.68. The van der Waals surface area contributed by atoms with Gasteiger partial charge in [-0.05, 0) is 36.3 Å². The second-order valence-corrected chi connectivity index (χ2v) is 5.90. The van der Waals surface area contributed by atoms with Gasteiger partial charge in [0.2, 0.25) is 0 Å². The van der Waals surface area contributed by atoms with Gasteiger partial charge in [0.25, 0.3) is 0 Å². The molecule has 2 atom stereocenters. The van der Waals surface area contributed by atoms with E-state index >= 15 is 0 Å². The van der Waals surface area contributed by atoms with E-state index in [1.54, 1.807) is 0 Å². The summed E-state index contributed by atoms with van der Waals surface area (Å²) in [6, 6.07) is 15.7. The Bertz CT molecular complexity index is 730. The van der Waals surface area contributed by atoms with Gasteiger partial charge in [0.15, 0.2) is 6.10 Å². The van der Waals surface area contributed by atoms with E-state index in [-0.39, 0.29) is 0 Å². The summed E-state index contributed by atoms with van der Waals surface area (Å²) < 4.78 is 11.4. The minimum Gasteiger partial charge on any atom is -0.482 e. The molecule has 2 N–H and O–H groups in total. The summed E-state index contributed by atoms with van der Waals surface area (Å²) in [5.41, 5.74) is 0.949. The van der Waals surface area contributed by atoms with Crippen molar-refractivity contribution < 1.29 is 9.84 Å². The first-order valence-electron chi connectivity index (χ1n) is 7.17. The van der Waals surface area contributed by atoms with Crippen LogP contribution in [-0.2, 0) is 0 Å². The molecule has 0 fully saturated rings. The van der Waals surface area contributed by atoms with Crippen molar-refractivity contribution in [2.24, 2.45) is 0 Å². The second kappa shape index (κ2) is 6.87. The van der Waals surface area contributed by atoms with Crippen molar-refractivity contribution in [2.75, 3.05) is 13.6 Å². The van der Waals surface area contributed by atoms with Gasteiger partial charge in [-0.15, -0.1) is 0 Å².